The number of anilines is 1. The molecule has 0 spiro atoms. The van der Waals surface area contributed by atoms with Gasteiger partial charge in [0.1, 0.15) is 5.82 Å². The molecule has 3 heterocycles. The smallest absolute Gasteiger partial charge is 0.205 e. The molecule has 4 rings (SSSR count). The molecule has 0 aliphatic carbocycles. The van der Waals surface area contributed by atoms with Crippen LogP contribution in [0.2, 0.25) is 0 Å². The Morgan fingerprint density at radius 1 is 1.13 bits per heavy atom. The molecule has 1 aromatic carbocycles. The van der Waals surface area contributed by atoms with Gasteiger partial charge in [-0.3, -0.25) is 9.67 Å². The molecule has 2 aromatic heterocycles. The van der Waals surface area contributed by atoms with Crippen LogP contribution in [0.25, 0.3) is 0 Å². The van der Waals surface area contributed by atoms with Crippen LogP contribution in [0.4, 0.5) is 5.13 Å². The molecule has 0 unspecified atom stereocenters. The van der Waals surface area contributed by atoms with Crippen LogP contribution >= 0.6 is 11.5 Å². The molecule has 30 heavy (non-hydrogen) atoms. The Labute approximate surface area is 181 Å². The third kappa shape index (κ3) is 4.79. The highest BCUT2D eigenvalue weighted by Crippen LogP contribution is 2.19. The summed E-state index contributed by atoms with van der Waals surface area (Å²) in [6, 6.07) is 10.4. The highest BCUT2D eigenvalue weighted by Gasteiger charge is 2.22. The Balaban J connectivity index is 1.34. The summed E-state index contributed by atoms with van der Waals surface area (Å²) < 4.78 is 6.36. The summed E-state index contributed by atoms with van der Waals surface area (Å²) in [6.45, 7) is 7.27. The first-order valence-electron chi connectivity index (χ1n) is 10.3. The standard InChI is InChI=1S/C21H28N8S/c1-3-19-25-21(30-26-19)28-13-11-27(12-14-28)20(22-2)23-15-17-7-4-5-8-18(17)16-29-10-6-9-24-29/h4-10H,3,11-16H2,1-2H3,(H,22,23). The van der Waals surface area contributed by atoms with Gasteiger partial charge in [0.15, 0.2) is 5.96 Å². The first kappa shape index (κ1) is 20.3. The summed E-state index contributed by atoms with van der Waals surface area (Å²) in [6.07, 6.45) is 4.69. The monoisotopic (exact) mass is 424 g/mol. The molecule has 1 fully saturated rings. The van der Waals surface area contributed by atoms with Gasteiger partial charge in [0.25, 0.3) is 0 Å². The Hall–Kier alpha value is -2.94. The van der Waals surface area contributed by atoms with E-state index in [1.165, 1.54) is 22.7 Å². The topological polar surface area (TPSA) is 74.5 Å². The quantitative estimate of drug-likeness (QED) is 0.483. The molecular weight excluding hydrogens is 396 g/mol. The van der Waals surface area contributed by atoms with Crippen LogP contribution in [0.3, 0.4) is 0 Å². The lowest BCUT2D eigenvalue weighted by atomic mass is 10.1. The van der Waals surface area contributed by atoms with E-state index in [2.05, 4.69) is 65.8 Å². The number of benzene rings is 1. The maximum absolute atomic E-state index is 4.62. The van der Waals surface area contributed by atoms with Crippen molar-refractivity contribution in [3.63, 3.8) is 0 Å². The SMILES string of the molecule is CCc1nsc(N2CCN(C(=NC)NCc3ccccc3Cn3cccn3)CC2)n1. The van der Waals surface area contributed by atoms with Crippen molar-refractivity contribution in [3.8, 4) is 0 Å². The van der Waals surface area contributed by atoms with E-state index in [-0.39, 0.29) is 0 Å². The van der Waals surface area contributed by atoms with Gasteiger partial charge in [0.2, 0.25) is 5.13 Å². The zero-order chi connectivity index (χ0) is 20.8. The molecule has 1 aliphatic heterocycles. The zero-order valence-electron chi connectivity index (χ0n) is 17.5. The maximum atomic E-state index is 4.62. The van der Waals surface area contributed by atoms with Gasteiger partial charge in [0, 0.05) is 70.1 Å². The number of hydrogen-bond donors (Lipinski definition) is 1. The van der Waals surface area contributed by atoms with Gasteiger partial charge in [-0.2, -0.15) is 9.47 Å². The number of aliphatic imine (C=N–C) groups is 1. The van der Waals surface area contributed by atoms with E-state index in [4.69, 9.17) is 0 Å². The number of nitrogens with one attached hydrogen (secondary N) is 1. The van der Waals surface area contributed by atoms with Crippen LogP contribution in [0, 0.1) is 0 Å². The summed E-state index contributed by atoms with van der Waals surface area (Å²) in [5.41, 5.74) is 2.52. The minimum Gasteiger partial charge on any atom is -0.352 e. The third-order valence-corrected chi connectivity index (χ3v) is 6.10. The average Bonchev–Trinajstić information content (AvgIpc) is 3.48. The summed E-state index contributed by atoms with van der Waals surface area (Å²) in [7, 11) is 1.85. The Morgan fingerprint density at radius 3 is 2.60 bits per heavy atom. The maximum Gasteiger partial charge on any atom is 0.205 e. The predicted octanol–water partition coefficient (Wildman–Crippen LogP) is 2.24. The number of nitrogens with zero attached hydrogens (tertiary/aromatic N) is 7. The molecule has 0 atom stereocenters. The van der Waals surface area contributed by atoms with Gasteiger partial charge in [-0.25, -0.2) is 4.98 Å². The van der Waals surface area contributed by atoms with E-state index in [9.17, 15) is 0 Å². The zero-order valence-corrected chi connectivity index (χ0v) is 18.3. The summed E-state index contributed by atoms with van der Waals surface area (Å²) in [5, 5.41) is 8.90. The van der Waals surface area contributed by atoms with Crippen molar-refractivity contribution >= 4 is 22.6 Å². The van der Waals surface area contributed by atoms with E-state index >= 15 is 0 Å². The van der Waals surface area contributed by atoms with Crippen LogP contribution in [0.5, 0.6) is 0 Å². The van der Waals surface area contributed by atoms with Crippen LogP contribution in [-0.4, -0.2) is 63.2 Å². The second-order valence-corrected chi connectivity index (χ2v) is 7.92. The van der Waals surface area contributed by atoms with Crippen LogP contribution in [-0.2, 0) is 19.5 Å². The van der Waals surface area contributed by atoms with Gasteiger partial charge in [0.05, 0.1) is 6.54 Å². The molecule has 1 saturated heterocycles. The highest BCUT2D eigenvalue weighted by atomic mass is 32.1. The Morgan fingerprint density at radius 2 is 1.93 bits per heavy atom. The van der Waals surface area contributed by atoms with E-state index in [1.54, 1.807) is 0 Å². The van der Waals surface area contributed by atoms with Gasteiger partial charge in [-0.05, 0) is 17.2 Å². The van der Waals surface area contributed by atoms with Crippen molar-refractivity contribution in [3.05, 3.63) is 59.7 Å². The fraction of sp³-hybridized carbons (Fsp3) is 0.429. The molecule has 0 radical (unpaired) electrons. The van der Waals surface area contributed by atoms with Crippen LogP contribution in [0.1, 0.15) is 23.9 Å². The fourth-order valence-electron chi connectivity index (χ4n) is 3.59. The number of aryl methyl sites for hydroxylation is 1. The molecule has 8 nitrogen and oxygen atoms in total. The molecule has 0 amide bonds. The van der Waals surface area contributed by atoms with Gasteiger partial charge in [-0.15, -0.1) is 0 Å². The van der Waals surface area contributed by atoms with E-state index in [1.807, 2.05) is 30.2 Å². The molecule has 3 aromatic rings. The normalized spacial score (nSPS) is 14.9. The van der Waals surface area contributed by atoms with Crippen molar-refractivity contribution in [2.24, 2.45) is 4.99 Å². The van der Waals surface area contributed by atoms with Gasteiger partial charge < -0.3 is 15.1 Å². The highest BCUT2D eigenvalue weighted by molar-refractivity contribution is 7.09. The lowest BCUT2D eigenvalue weighted by Gasteiger charge is -2.36. The van der Waals surface area contributed by atoms with Gasteiger partial charge >= 0.3 is 0 Å². The first-order chi connectivity index (χ1) is 14.8. The number of rotatable bonds is 6. The number of guanidine groups is 1. The summed E-state index contributed by atoms with van der Waals surface area (Å²) in [4.78, 5) is 13.8. The fourth-order valence-corrected chi connectivity index (χ4v) is 4.39. The van der Waals surface area contributed by atoms with Crippen molar-refractivity contribution in [1.29, 1.82) is 0 Å². The molecule has 9 heteroatoms. The molecule has 1 N–H and O–H groups in total. The Kier molecular flexibility index (Phi) is 6.58. The molecule has 1 aliphatic rings. The number of piperazine rings is 1. The summed E-state index contributed by atoms with van der Waals surface area (Å²) >= 11 is 1.50. The molecule has 0 saturated carbocycles. The van der Waals surface area contributed by atoms with Crippen LogP contribution in [0.15, 0.2) is 47.7 Å². The second kappa shape index (κ2) is 9.71. The molecule has 158 valence electrons. The summed E-state index contributed by atoms with van der Waals surface area (Å²) in [5.74, 6) is 1.87. The predicted molar refractivity (Wildman–Crippen MR) is 121 cm³/mol. The number of aromatic nitrogens is 4. The average molecular weight is 425 g/mol. The van der Waals surface area contributed by atoms with Gasteiger partial charge in [-0.1, -0.05) is 31.2 Å². The lowest BCUT2D eigenvalue weighted by Crippen LogP contribution is -2.52. The Bertz CT molecular complexity index is 957. The largest absolute Gasteiger partial charge is 0.352 e. The van der Waals surface area contributed by atoms with Crippen LogP contribution < -0.4 is 10.2 Å². The number of hydrogen-bond acceptors (Lipinski definition) is 6. The molecular formula is C21H28N8S. The van der Waals surface area contributed by atoms with Crippen molar-refractivity contribution in [1.82, 2.24) is 29.4 Å². The van der Waals surface area contributed by atoms with Crippen molar-refractivity contribution < 1.29 is 0 Å². The first-order valence-corrected chi connectivity index (χ1v) is 11.1. The molecule has 0 bridgehead atoms. The van der Waals surface area contributed by atoms with Crippen molar-refractivity contribution in [2.45, 2.75) is 26.4 Å². The lowest BCUT2D eigenvalue weighted by molar-refractivity contribution is 0.372. The minimum atomic E-state index is 0.737. The third-order valence-electron chi connectivity index (χ3n) is 5.28. The van der Waals surface area contributed by atoms with E-state index in [0.29, 0.717) is 0 Å². The van der Waals surface area contributed by atoms with Crippen molar-refractivity contribution in [2.75, 3.05) is 38.1 Å². The van der Waals surface area contributed by atoms with E-state index < -0.39 is 0 Å². The minimum absolute atomic E-state index is 0.737. The van der Waals surface area contributed by atoms with E-state index in [0.717, 1.165) is 62.6 Å². The second-order valence-electron chi connectivity index (χ2n) is 7.19.